The van der Waals surface area contributed by atoms with Gasteiger partial charge in [0.2, 0.25) is 5.91 Å². The van der Waals surface area contributed by atoms with Crippen LogP contribution < -0.4 is 10.6 Å². The number of ether oxygens (including phenoxy) is 1. The summed E-state index contributed by atoms with van der Waals surface area (Å²) in [4.78, 5) is 27.9. The van der Waals surface area contributed by atoms with Gasteiger partial charge in [0.15, 0.2) is 0 Å². The summed E-state index contributed by atoms with van der Waals surface area (Å²) in [5.41, 5.74) is 0.223. The second-order valence-electron chi connectivity index (χ2n) is 5.40. The van der Waals surface area contributed by atoms with E-state index in [1.165, 1.54) is 11.3 Å². The highest BCUT2D eigenvalue weighted by molar-refractivity contribution is 7.16. The first-order chi connectivity index (χ1) is 8.74. The van der Waals surface area contributed by atoms with Gasteiger partial charge in [0, 0.05) is 6.42 Å². The Morgan fingerprint density at radius 3 is 2.84 bits per heavy atom. The maximum absolute atomic E-state index is 11.9. The molecule has 2 N–H and O–H groups in total. The Balaban J connectivity index is 2.03. The summed E-state index contributed by atoms with van der Waals surface area (Å²) in [6.07, 6.45) is -0.201. The predicted molar refractivity (Wildman–Crippen MR) is 72.3 cm³/mol. The molecule has 0 saturated carbocycles. The zero-order valence-corrected chi connectivity index (χ0v) is 12.2. The SMILES string of the molecule is Cc1nc2c(s1)NC(=O)[C@H](NC(=O)OC(C)(C)C)C2. The summed E-state index contributed by atoms with van der Waals surface area (Å²) in [7, 11) is 0. The zero-order chi connectivity index (χ0) is 14.2. The van der Waals surface area contributed by atoms with Crippen LogP contribution in [0.5, 0.6) is 0 Å². The molecule has 19 heavy (non-hydrogen) atoms. The minimum atomic E-state index is -0.635. The Labute approximate surface area is 115 Å². The van der Waals surface area contributed by atoms with Gasteiger partial charge in [0.25, 0.3) is 0 Å². The molecule has 0 aromatic carbocycles. The summed E-state index contributed by atoms with van der Waals surface area (Å²) in [5, 5.41) is 6.97. The molecule has 0 saturated heterocycles. The minimum absolute atomic E-state index is 0.234. The highest BCUT2D eigenvalue weighted by atomic mass is 32.1. The van der Waals surface area contributed by atoms with Crippen molar-refractivity contribution >= 4 is 28.3 Å². The number of hydrogen-bond donors (Lipinski definition) is 2. The van der Waals surface area contributed by atoms with Crippen molar-refractivity contribution in [2.75, 3.05) is 5.32 Å². The lowest BCUT2D eigenvalue weighted by Gasteiger charge is -2.25. The van der Waals surface area contributed by atoms with Gasteiger partial charge in [-0.15, -0.1) is 11.3 Å². The summed E-state index contributed by atoms with van der Waals surface area (Å²) >= 11 is 1.44. The number of nitrogens with one attached hydrogen (secondary N) is 2. The van der Waals surface area contributed by atoms with Crippen molar-refractivity contribution in [3.05, 3.63) is 10.7 Å². The van der Waals surface area contributed by atoms with Gasteiger partial charge >= 0.3 is 6.09 Å². The second-order valence-corrected chi connectivity index (χ2v) is 6.60. The van der Waals surface area contributed by atoms with Gasteiger partial charge in [-0.25, -0.2) is 9.78 Å². The number of thiazole rings is 1. The van der Waals surface area contributed by atoms with Crippen molar-refractivity contribution in [2.45, 2.75) is 45.8 Å². The number of aromatic nitrogens is 1. The van der Waals surface area contributed by atoms with E-state index < -0.39 is 17.7 Å². The standard InChI is InChI=1S/C12H17N3O3S/c1-6-13-8-5-7(9(16)15-10(8)19-6)14-11(17)18-12(2,3)4/h7H,5H2,1-4H3,(H,14,17)(H,15,16)/t7-/m1/s1. The molecule has 0 bridgehead atoms. The molecule has 1 aliphatic rings. The quantitative estimate of drug-likeness (QED) is 0.824. The molecule has 1 aromatic rings. The molecule has 1 aromatic heterocycles. The lowest BCUT2D eigenvalue weighted by atomic mass is 10.1. The zero-order valence-electron chi connectivity index (χ0n) is 11.4. The van der Waals surface area contributed by atoms with Crippen LogP contribution in [-0.4, -0.2) is 28.6 Å². The van der Waals surface area contributed by atoms with E-state index in [4.69, 9.17) is 4.74 Å². The first kappa shape index (κ1) is 13.8. The van der Waals surface area contributed by atoms with Gasteiger partial charge in [0.05, 0.1) is 10.7 Å². The number of carbonyl (C=O) groups is 2. The van der Waals surface area contributed by atoms with Crippen molar-refractivity contribution < 1.29 is 14.3 Å². The van der Waals surface area contributed by atoms with Crippen LogP contribution >= 0.6 is 11.3 Å². The van der Waals surface area contributed by atoms with Gasteiger partial charge in [-0.2, -0.15) is 0 Å². The third kappa shape index (κ3) is 3.44. The average Bonchev–Trinajstić information content (AvgIpc) is 2.55. The summed E-state index contributed by atoms with van der Waals surface area (Å²) < 4.78 is 5.13. The third-order valence-electron chi connectivity index (χ3n) is 2.45. The number of anilines is 1. The van der Waals surface area contributed by atoms with Crippen LogP contribution in [0.4, 0.5) is 9.80 Å². The highest BCUT2D eigenvalue weighted by Gasteiger charge is 2.31. The number of aryl methyl sites for hydroxylation is 1. The van der Waals surface area contributed by atoms with Crippen LogP contribution in [0.3, 0.4) is 0 Å². The van der Waals surface area contributed by atoms with Gasteiger partial charge in [-0.1, -0.05) is 0 Å². The lowest BCUT2D eigenvalue weighted by Crippen LogP contribution is -2.48. The average molecular weight is 283 g/mol. The Morgan fingerprint density at radius 2 is 2.21 bits per heavy atom. The van der Waals surface area contributed by atoms with Crippen LogP contribution in [0.1, 0.15) is 31.5 Å². The molecule has 0 aliphatic carbocycles. The number of alkyl carbamates (subject to hydrolysis) is 1. The fraction of sp³-hybridized carbons (Fsp3) is 0.583. The third-order valence-corrected chi connectivity index (χ3v) is 3.37. The van der Waals surface area contributed by atoms with E-state index in [0.717, 1.165) is 15.7 Å². The van der Waals surface area contributed by atoms with E-state index in [-0.39, 0.29) is 5.91 Å². The minimum Gasteiger partial charge on any atom is -0.444 e. The molecule has 104 valence electrons. The highest BCUT2D eigenvalue weighted by Crippen LogP contribution is 2.28. The Morgan fingerprint density at radius 1 is 1.53 bits per heavy atom. The maximum atomic E-state index is 11.9. The topological polar surface area (TPSA) is 80.3 Å². The first-order valence-electron chi connectivity index (χ1n) is 6.01. The van der Waals surface area contributed by atoms with Crippen molar-refractivity contribution in [1.82, 2.24) is 10.3 Å². The van der Waals surface area contributed by atoms with E-state index >= 15 is 0 Å². The van der Waals surface area contributed by atoms with Crippen molar-refractivity contribution in [3.63, 3.8) is 0 Å². The summed E-state index contributed by atoms with van der Waals surface area (Å²) in [6.45, 7) is 7.20. The molecular formula is C12H17N3O3S. The summed E-state index contributed by atoms with van der Waals surface area (Å²) in [6, 6.07) is -0.635. The number of hydrogen-bond acceptors (Lipinski definition) is 5. The van der Waals surface area contributed by atoms with E-state index in [0.29, 0.717) is 6.42 Å². The molecule has 1 aliphatic heterocycles. The van der Waals surface area contributed by atoms with E-state index in [2.05, 4.69) is 15.6 Å². The Bertz CT molecular complexity index is 519. The smallest absolute Gasteiger partial charge is 0.408 e. The van der Waals surface area contributed by atoms with Crippen LogP contribution in [0, 0.1) is 6.92 Å². The molecule has 1 atom stereocenters. The molecule has 0 fully saturated rings. The van der Waals surface area contributed by atoms with Crippen molar-refractivity contribution in [2.24, 2.45) is 0 Å². The molecular weight excluding hydrogens is 266 g/mol. The lowest BCUT2D eigenvalue weighted by molar-refractivity contribution is -0.118. The van der Waals surface area contributed by atoms with E-state index in [1.807, 2.05) is 6.92 Å². The first-order valence-corrected chi connectivity index (χ1v) is 6.83. The number of amides is 2. The van der Waals surface area contributed by atoms with Crippen molar-refractivity contribution in [1.29, 1.82) is 0 Å². The Kier molecular flexibility index (Phi) is 3.49. The molecule has 0 radical (unpaired) electrons. The molecule has 2 heterocycles. The molecule has 2 amide bonds. The van der Waals surface area contributed by atoms with Crippen LogP contribution in [0.15, 0.2) is 0 Å². The van der Waals surface area contributed by atoms with Gasteiger partial charge in [-0.3, -0.25) is 4.79 Å². The maximum Gasteiger partial charge on any atom is 0.408 e. The predicted octanol–water partition coefficient (Wildman–Crippen LogP) is 1.84. The van der Waals surface area contributed by atoms with Crippen LogP contribution in [0.25, 0.3) is 0 Å². The number of nitrogens with zero attached hydrogens (tertiary/aromatic N) is 1. The second kappa shape index (κ2) is 4.80. The molecule has 0 unspecified atom stereocenters. The molecule has 7 heteroatoms. The normalized spacial score (nSPS) is 18.5. The number of rotatable bonds is 1. The number of carbonyl (C=O) groups excluding carboxylic acids is 2. The van der Waals surface area contributed by atoms with Crippen LogP contribution in [0.2, 0.25) is 0 Å². The molecule has 0 spiro atoms. The monoisotopic (exact) mass is 283 g/mol. The van der Waals surface area contributed by atoms with E-state index in [9.17, 15) is 9.59 Å². The van der Waals surface area contributed by atoms with Gasteiger partial charge < -0.3 is 15.4 Å². The fourth-order valence-electron chi connectivity index (χ4n) is 1.76. The largest absolute Gasteiger partial charge is 0.444 e. The van der Waals surface area contributed by atoms with E-state index in [1.54, 1.807) is 20.8 Å². The Hall–Kier alpha value is -1.63. The fourth-order valence-corrected chi connectivity index (χ4v) is 2.61. The van der Waals surface area contributed by atoms with Crippen LogP contribution in [-0.2, 0) is 16.0 Å². The van der Waals surface area contributed by atoms with Gasteiger partial charge in [0.1, 0.15) is 16.6 Å². The molecule has 2 rings (SSSR count). The molecule has 6 nitrogen and oxygen atoms in total. The summed E-state index contributed by atoms with van der Waals surface area (Å²) in [5.74, 6) is -0.234. The number of fused-ring (bicyclic) bond motifs is 1. The van der Waals surface area contributed by atoms with Crippen molar-refractivity contribution in [3.8, 4) is 0 Å². The van der Waals surface area contributed by atoms with Gasteiger partial charge in [-0.05, 0) is 27.7 Å².